The molecule has 0 aliphatic heterocycles. The van der Waals surface area contributed by atoms with Gasteiger partial charge < -0.3 is 4.74 Å². The lowest BCUT2D eigenvalue weighted by Gasteiger charge is -2.20. The summed E-state index contributed by atoms with van der Waals surface area (Å²) in [6, 6.07) is 0.844. The molecule has 0 radical (unpaired) electrons. The molecule has 1 saturated carbocycles. The predicted octanol–water partition coefficient (Wildman–Crippen LogP) is 4.39. The number of esters is 1. The molecule has 1 aliphatic carbocycles. The van der Waals surface area contributed by atoms with Gasteiger partial charge in [0.25, 0.3) is 0 Å². The fourth-order valence-corrected chi connectivity index (χ4v) is 2.01. The number of carbonyl (C=O) groups excluding carboxylic acids is 2. The van der Waals surface area contributed by atoms with Crippen molar-refractivity contribution in [1.29, 1.82) is 0 Å². The summed E-state index contributed by atoms with van der Waals surface area (Å²) >= 11 is 0. The van der Waals surface area contributed by atoms with E-state index in [0.717, 1.165) is 0 Å². The van der Waals surface area contributed by atoms with Gasteiger partial charge in [0, 0.05) is 5.92 Å². The van der Waals surface area contributed by atoms with Crippen molar-refractivity contribution in [2.45, 2.75) is 45.4 Å². The van der Waals surface area contributed by atoms with Gasteiger partial charge in [-0.2, -0.15) is 13.2 Å². The summed E-state index contributed by atoms with van der Waals surface area (Å²) in [7, 11) is 0. The van der Waals surface area contributed by atoms with Crippen LogP contribution in [0.5, 0.6) is 0 Å². The lowest BCUT2D eigenvalue weighted by atomic mass is 9.99. The van der Waals surface area contributed by atoms with Gasteiger partial charge in [-0.1, -0.05) is 0 Å². The molecule has 23 heavy (non-hydrogen) atoms. The zero-order chi connectivity index (χ0) is 17.6. The van der Waals surface area contributed by atoms with Crippen molar-refractivity contribution < 1.29 is 31.9 Å². The molecule has 3 nitrogen and oxygen atoms in total. The van der Waals surface area contributed by atoms with E-state index in [4.69, 9.17) is 4.74 Å². The lowest BCUT2D eigenvalue weighted by Crippen LogP contribution is -2.25. The molecule has 0 heterocycles. The fourth-order valence-electron chi connectivity index (χ4n) is 2.01. The predicted molar refractivity (Wildman–Crippen MR) is 73.6 cm³/mol. The average molecular weight is 332 g/mol. The Kier molecular flexibility index (Phi) is 4.26. The highest BCUT2D eigenvalue weighted by Crippen LogP contribution is 2.37. The van der Waals surface area contributed by atoms with Crippen LogP contribution in [0.2, 0.25) is 0 Å². The second-order valence-electron chi connectivity index (χ2n) is 6.52. The van der Waals surface area contributed by atoms with Gasteiger partial charge in [-0.25, -0.2) is 9.18 Å². The highest BCUT2D eigenvalue weighted by Gasteiger charge is 2.38. The molecule has 0 spiro atoms. The van der Waals surface area contributed by atoms with Crippen LogP contribution in [0, 0.1) is 11.7 Å². The first-order chi connectivity index (χ1) is 10.4. The molecule has 0 bridgehead atoms. The Balaban J connectivity index is 2.54. The van der Waals surface area contributed by atoms with Crippen molar-refractivity contribution in [3.8, 4) is 0 Å². The summed E-state index contributed by atoms with van der Waals surface area (Å²) in [5.74, 6) is -3.67. The molecule has 0 saturated heterocycles. The van der Waals surface area contributed by atoms with Crippen LogP contribution in [0.3, 0.4) is 0 Å². The number of hydrogen-bond donors (Lipinski definition) is 0. The number of Topliss-reactive ketones (excluding diaryl/α,β-unsaturated/α-hetero) is 1. The Hall–Kier alpha value is -1.92. The Bertz CT molecular complexity index is 653. The van der Waals surface area contributed by atoms with Crippen LogP contribution in [0.15, 0.2) is 12.1 Å². The van der Waals surface area contributed by atoms with E-state index in [-0.39, 0.29) is 0 Å². The van der Waals surface area contributed by atoms with Gasteiger partial charge in [0.05, 0.1) is 16.7 Å². The lowest BCUT2D eigenvalue weighted by molar-refractivity contribution is -0.137. The van der Waals surface area contributed by atoms with E-state index in [1.165, 1.54) is 20.8 Å². The average Bonchev–Trinajstić information content (AvgIpc) is 3.18. The molecule has 2 rings (SSSR count). The topological polar surface area (TPSA) is 43.4 Å². The third-order valence-corrected chi connectivity index (χ3v) is 3.23. The molecule has 1 fully saturated rings. The first kappa shape index (κ1) is 17.4. The maximum atomic E-state index is 14.4. The van der Waals surface area contributed by atoms with E-state index < -0.39 is 52.0 Å². The van der Waals surface area contributed by atoms with Crippen molar-refractivity contribution in [3.63, 3.8) is 0 Å². The number of ketones is 1. The molecule has 0 unspecified atom stereocenters. The summed E-state index contributed by atoms with van der Waals surface area (Å²) in [6.07, 6.45) is -3.78. The molecule has 126 valence electrons. The molecular weight excluding hydrogens is 316 g/mol. The van der Waals surface area contributed by atoms with Crippen LogP contribution in [-0.2, 0) is 10.9 Å². The van der Waals surface area contributed by atoms with Gasteiger partial charge in [-0.05, 0) is 45.7 Å². The van der Waals surface area contributed by atoms with Crippen LogP contribution in [0.1, 0.15) is 59.9 Å². The Labute approximate surface area is 130 Å². The van der Waals surface area contributed by atoms with Gasteiger partial charge in [-0.3, -0.25) is 4.79 Å². The number of hydrogen-bond acceptors (Lipinski definition) is 3. The maximum Gasteiger partial charge on any atom is 0.416 e. The maximum absolute atomic E-state index is 14.4. The van der Waals surface area contributed by atoms with Crippen LogP contribution in [0.25, 0.3) is 0 Å². The van der Waals surface area contributed by atoms with Crippen molar-refractivity contribution in [1.82, 2.24) is 0 Å². The summed E-state index contributed by atoms with van der Waals surface area (Å²) in [4.78, 5) is 24.0. The van der Waals surface area contributed by atoms with Crippen molar-refractivity contribution >= 4 is 11.8 Å². The number of carbonyl (C=O) groups is 2. The number of halogens is 4. The van der Waals surface area contributed by atoms with Gasteiger partial charge in [0.15, 0.2) is 5.78 Å². The Morgan fingerprint density at radius 3 is 2.04 bits per heavy atom. The molecule has 1 aliphatic rings. The Morgan fingerprint density at radius 2 is 1.61 bits per heavy atom. The van der Waals surface area contributed by atoms with Crippen LogP contribution in [0.4, 0.5) is 17.6 Å². The summed E-state index contributed by atoms with van der Waals surface area (Å²) in [6.45, 7) is 4.52. The molecule has 7 heteroatoms. The third kappa shape index (κ3) is 4.09. The van der Waals surface area contributed by atoms with Crippen molar-refractivity contribution in [2.24, 2.45) is 5.92 Å². The quantitative estimate of drug-likeness (QED) is 0.468. The highest BCUT2D eigenvalue weighted by atomic mass is 19.4. The van der Waals surface area contributed by atoms with E-state index in [0.29, 0.717) is 25.0 Å². The molecule has 0 N–H and O–H groups in total. The van der Waals surface area contributed by atoms with Crippen molar-refractivity contribution in [2.75, 3.05) is 0 Å². The molecule has 0 aromatic heterocycles. The van der Waals surface area contributed by atoms with E-state index >= 15 is 0 Å². The van der Waals surface area contributed by atoms with Crippen LogP contribution >= 0.6 is 0 Å². The number of alkyl halides is 3. The first-order valence-corrected chi connectivity index (χ1v) is 7.08. The SMILES string of the molecule is CC(C)(C)OC(=O)c1cc(C(F)(F)F)cc(C(=O)C2CC2)c1F. The second kappa shape index (κ2) is 5.62. The smallest absolute Gasteiger partial charge is 0.416 e. The van der Waals surface area contributed by atoms with Gasteiger partial charge in [0.1, 0.15) is 11.4 Å². The van der Waals surface area contributed by atoms with Gasteiger partial charge >= 0.3 is 12.1 Å². The highest BCUT2D eigenvalue weighted by molar-refractivity contribution is 6.02. The largest absolute Gasteiger partial charge is 0.456 e. The number of rotatable bonds is 3. The standard InChI is InChI=1S/C16H16F4O3/c1-15(2,3)23-14(22)11-7-9(16(18,19)20)6-10(12(11)17)13(21)8-4-5-8/h6-8H,4-5H2,1-3H3. The number of ether oxygens (including phenoxy) is 1. The van der Waals surface area contributed by atoms with E-state index in [1.54, 1.807) is 0 Å². The summed E-state index contributed by atoms with van der Waals surface area (Å²) in [5.41, 5.74) is -3.83. The van der Waals surface area contributed by atoms with Crippen LogP contribution in [-0.4, -0.2) is 17.4 Å². The van der Waals surface area contributed by atoms with Gasteiger partial charge in [0.2, 0.25) is 0 Å². The molecule has 0 amide bonds. The minimum Gasteiger partial charge on any atom is -0.456 e. The van der Waals surface area contributed by atoms with E-state index in [1.807, 2.05) is 0 Å². The van der Waals surface area contributed by atoms with Crippen molar-refractivity contribution in [3.05, 3.63) is 34.6 Å². The van der Waals surface area contributed by atoms with E-state index in [9.17, 15) is 27.2 Å². The monoisotopic (exact) mass is 332 g/mol. The first-order valence-electron chi connectivity index (χ1n) is 7.08. The fraction of sp³-hybridized carbons (Fsp3) is 0.500. The molecule has 1 aromatic carbocycles. The molecule has 0 atom stereocenters. The van der Waals surface area contributed by atoms with Crippen LogP contribution < -0.4 is 0 Å². The molecular formula is C16H16F4O3. The second-order valence-corrected chi connectivity index (χ2v) is 6.52. The zero-order valence-corrected chi connectivity index (χ0v) is 12.9. The number of benzene rings is 1. The zero-order valence-electron chi connectivity index (χ0n) is 12.9. The van der Waals surface area contributed by atoms with E-state index in [2.05, 4.69) is 0 Å². The van der Waals surface area contributed by atoms with Gasteiger partial charge in [-0.15, -0.1) is 0 Å². The minimum atomic E-state index is -4.80. The summed E-state index contributed by atoms with van der Waals surface area (Å²) < 4.78 is 58.3. The minimum absolute atomic E-state index is 0.382. The third-order valence-electron chi connectivity index (χ3n) is 3.23. The normalized spacial score (nSPS) is 15.4. The summed E-state index contributed by atoms with van der Waals surface area (Å²) in [5, 5.41) is 0. The Morgan fingerprint density at radius 1 is 1.09 bits per heavy atom. The molecule has 1 aromatic rings.